The molecule has 0 aliphatic rings. The van der Waals surface area contributed by atoms with Crippen molar-refractivity contribution < 1.29 is 4.92 Å². The number of nitrogens with one attached hydrogen (secondary N) is 1. The molecule has 0 aliphatic heterocycles. The quantitative estimate of drug-likeness (QED) is 0.524. The number of H-pyrrole nitrogens is 1. The highest BCUT2D eigenvalue weighted by Crippen LogP contribution is 2.17. The van der Waals surface area contributed by atoms with Gasteiger partial charge in [-0.1, -0.05) is 0 Å². The number of aryl methyl sites for hydroxylation is 1. The first-order chi connectivity index (χ1) is 6.18. The Morgan fingerprint density at radius 2 is 2.38 bits per heavy atom. The van der Waals surface area contributed by atoms with Crippen LogP contribution in [0, 0.1) is 17.0 Å². The van der Waals surface area contributed by atoms with Crippen LogP contribution < -0.4 is 0 Å². The Kier molecular flexibility index (Phi) is 1.48. The van der Waals surface area contributed by atoms with E-state index in [0.717, 1.165) is 11.1 Å². The van der Waals surface area contributed by atoms with Crippen LogP contribution in [0.3, 0.4) is 0 Å². The number of aromatic amines is 1. The summed E-state index contributed by atoms with van der Waals surface area (Å²) in [5, 5.41) is 10.4. The summed E-state index contributed by atoms with van der Waals surface area (Å²) in [5.41, 5.74) is 1.89. The molecule has 0 aromatic carbocycles. The summed E-state index contributed by atoms with van der Waals surface area (Å²) < 4.78 is 0. The van der Waals surface area contributed by atoms with Gasteiger partial charge in [0.25, 0.3) is 5.65 Å². The first-order valence-corrected chi connectivity index (χ1v) is 3.63. The standard InChI is InChI=1S/C7H6N4O2/c1-4-2-5(11(12)13)10-7-6(4)8-3-9-7/h2-3H,1H3,(H,8,9,10). The van der Waals surface area contributed by atoms with E-state index >= 15 is 0 Å². The van der Waals surface area contributed by atoms with E-state index in [1.165, 1.54) is 12.4 Å². The summed E-state index contributed by atoms with van der Waals surface area (Å²) in [6.07, 6.45) is 1.47. The number of hydrogen-bond acceptors (Lipinski definition) is 4. The van der Waals surface area contributed by atoms with Crippen molar-refractivity contribution in [2.24, 2.45) is 0 Å². The van der Waals surface area contributed by atoms with Gasteiger partial charge in [0.1, 0.15) is 5.52 Å². The Bertz CT molecular complexity index is 476. The molecule has 66 valence electrons. The number of hydrogen-bond donors (Lipinski definition) is 1. The van der Waals surface area contributed by atoms with Gasteiger partial charge in [0.05, 0.1) is 6.33 Å². The zero-order valence-corrected chi connectivity index (χ0v) is 6.81. The third-order valence-electron chi connectivity index (χ3n) is 1.77. The molecule has 0 saturated carbocycles. The van der Waals surface area contributed by atoms with E-state index in [4.69, 9.17) is 0 Å². The number of pyridine rings is 1. The lowest BCUT2D eigenvalue weighted by molar-refractivity contribution is -0.389. The predicted octanol–water partition coefficient (Wildman–Crippen LogP) is 1.17. The average Bonchev–Trinajstić information content (AvgIpc) is 2.51. The second kappa shape index (κ2) is 2.51. The largest absolute Gasteiger partial charge is 0.366 e. The van der Waals surface area contributed by atoms with E-state index < -0.39 is 4.92 Å². The van der Waals surface area contributed by atoms with E-state index in [1.807, 2.05) is 0 Å². The minimum Gasteiger partial charge on any atom is -0.358 e. The molecule has 6 nitrogen and oxygen atoms in total. The molecule has 0 fully saturated rings. The average molecular weight is 178 g/mol. The second-order valence-electron chi connectivity index (χ2n) is 2.66. The zero-order valence-electron chi connectivity index (χ0n) is 6.81. The summed E-state index contributed by atoms with van der Waals surface area (Å²) in [6, 6.07) is 1.42. The molecule has 1 N–H and O–H groups in total. The first-order valence-electron chi connectivity index (χ1n) is 3.63. The Morgan fingerprint density at radius 3 is 3.08 bits per heavy atom. The number of fused-ring (bicyclic) bond motifs is 1. The highest BCUT2D eigenvalue weighted by Gasteiger charge is 2.13. The minimum atomic E-state index is -0.527. The Labute approximate surface area is 72.8 Å². The SMILES string of the molecule is Cc1cc([N+](=O)[O-])nc2nc[nH]c12. The van der Waals surface area contributed by atoms with Gasteiger partial charge in [-0.05, 0) is 22.4 Å². The maximum Gasteiger partial charge on any atom is 0.366 e. The topological polar surface area (TPSA) is 84.7 Å². The number of nitrogens with zero attached hydrogens (tertiary/aromatic N) is 3. The number of rotatable bonds is 1. The van der Waals surface area contributed by atoms with Crippen molar-refractivity contribution in [2.45, 2.75) is 6.92 Å². The van der Waals surface area contributed by atoms with Crippen LogP contribution >= 0.6 is 0 Å². The highest BCUT2D eigenvalue weighted by molar-refractivity contribution is 5.75. The Morgan fingerprint density at radius 1 is 1.62 bits per heavy atom. The van der Waals surface area contributed by atoms with Crippen LogP contribution in [-0.2, 0) is 0 Å². The molecular weight excluding hydrogens is 172 g/mol. The van der Waals surface area contributed by atoms with Crippen LogP contribution in [-0.4, -0.2) is 19.9 Å². The Balaban J connectivity index is 2.77. The zero-order chi connectivity index (χ0) is 9.42. The second-order valence-corrected chi connectivity index (χ2v) is 2.66. The number of nitro groups is 1. The molecule has 0 amide bonds. The van der Waals surface area contributed by atoms with Gasteiger partial charge in [-0.25, -0.2) is 0 Å². The van der Waals surface area contributed by atoms with Crippen LogP contribution in [0.1, 0.15) is 5.56 Å². The number of aromatic nitrogens is 3. The van der Waals surface area contributed by atoms with Gasteiger partial charge in [0, 0.05) is 6.07 Å². The van der Waals surface area contributed by atoms with Crippen molar-refractivity contribution in [2.75, 3.05) is 0 Å². The molecule has 0 radical (unpaired) electrons. The van der Waals surface area contributed by atoms with E-state index in [-0.39, 0.29) is 5.82 Å². The molecule has 2 aromatic rings. The van der Waals surface area contributed by atoms with Gasteiger partial charge >= 0.3 is 5.82 Å². The van der Waals surface area contributed by atoms with Gasteiger partial charge in [-0.15, -0.1) is 0 Å². The molecular formula is C7H6N4O2. The normalized spacial score (nSPS) is 10.5. The molecule has 6 heteroatoms. The molecule has 2 aromatic heterocycles. The van der Waals surface area contributed by atoms with E-state index in [0.29, 0.717) is 5.65 Å². The monoisotopic (exact) mass is 178 g/mol. The lowest BCUT2D eigenvalue weighted by Crippen LogP contribution is -1.93. The smallest absolute Gasteiger partial charge is 0.358 e. The van der Waals surface area contributed by atoms with Crippen molar-refractivity contribution >= 4 is 17.0 Å². The minimum absolute atomic E-state index is 0.169. The molecule has 0 bridgehead atoms. The summed E-state index contributed by atoms with van der Waals surface area (Å²) in [5.74, 6) is -0.169. The molecule has 2 rings (SSSR count). The molecule has 0 aliphatic carbocycles. The Hall–Kier alpha value is -1.98. The van der Waals surface area contributed by atoms with E-state index in [1.54, 1.807) is 6.92 Å². The molecule has 0 unspecified atom stereocenters. The van der Waals surface area contributed by atoms with Crippen LogP contribution in [0.2, 0.25) is 0 Å². The predicted molar refractivity (Wildman–Crippen MR) is 45.3 cm³/mol. The van der Waals surface area contributed by atoms with Crippen molar-refractivity contribution in [3.05, 3.63) is 28.1 Å². The van der Waals surface area contributed by atoms with Gasteiger partial charge in [-0.3, -0.25) is 0 Å². The van der Waals surface area contributed by atoms with Crippen molar-refractivity contribution in [3.8, 4) is 0 Å². The molecule has 0 spiro atoms. The van der Waals surface area contributed by atoms with Gasteiger partial charge in [0.15, 0.2) is 0 Å². The van der Waals surface area contributed by atoms with Gasteiger partial charge in [0.2, 0.25) is 0 Å². The maximum atomic E-state index is 10.4. The molecule has 2 heterocycles. The van der Waals surface area contributed by atoms with Crippen LogP contribution in [0.5, 0.6) is 0 Å². The summed E-state index contributed by atoms with van der Waals surface area (Å²) in [6.45, 7) is 1.77. The summed E-state index contributed by atoms with van der Waals surface area (Å²) >= 11 is 0. The van der Waals surface area contributed by atoms with E-state index in [9.17, 15) is 10.1 Å². The van der Waals surface area contributed by atoms with Crippen molar-refractivity contribution in [3.63, 3.8) is 0 Å². The van der Waals surface area contributed by atoms with Crippen molar-refractivity contribution in [1.82, 2.24) is 15.0 Å². The summed E-state index contributed by atoms with van der Waals surface area (Å²) in [4.78, 5) is 20.4. The van der Waals surface area contributed by atoms with Gasteiger partial charge in [-0.2, -0.15) is 4.98 Å². The molecule has 0 saturated heterocycles. The number of imidazole rings is 1. The van der Waals surface area contributed by atoms with Crippen molar-refractivity contribution in [1.29, 1.82) is 0 Å². The fourth-order valence-electron chi connectivity index (χ4n) is 1.16. The maximum absolute atomic E-state index is 10.4. The summed E-state index contributed by atoms with van der Waals surface area (Å²) in [7, 11) is 0. The molecule has 0 atom stereocenters. The van der Waals surface area contributed by atoms with Gasteiger partial charge < -0.3 is 15.1 Å². The highest BCUT2D eigenvalue weighted by atomic mass is 16.6. The fraction of sp³-hybridized carbons (Fsp3) is 0.143. The lowest BCUT2D eigenvalue weighted by atomic mass is 10.2. The first kappa shape index (κ1) is 7.66. The van der Waals surface area contributed by atoms with Crippen LogP contribution in [0.4, 0.5) is 5.82 Å². The van der Waals surface area contributed by atoms with Crippen LogP contribution in [0.25, 0.3) is 11.2 Å². The third kappa shape index (κ3) is 1.12. The third-order valence-corrected chi connectivity index (χ3v) is 1.77. The fourth-order valence-corrected chi connectivity index (χ4v) is 1.16. The van der Waals surface area contributed by atoms with Crippen LogP contribution in [0.15, 0.2) is 12.4 Å². The molecule has 13 heavy (non-hydrogen) atoms. The lowest BCUT2D eigenvalue weighted by Gasteiger charge is -1.93. The van der Waals surface area contributed by atoms with E-state index in [2.05, 4.69) is 15.0 Å².